The Morgan fingerprint density at radius 1 is 1.24 bits per heavy atom. The van der Waals surface area contributed by atoms with Crippen molar-refractivity contribution >= 4 is 9.84 Å². The molecule has 0 amide bonds. The molecule has 1 rings (SSSR count). The molecule has 21 heavy (non-hydrogen) atoms. The number of hydrogen-bond acceptors (Lipinski definition) is 3. The molecule has 3 nitrogen and oxygen atoms in total. The maximum absolute atomic E-state index is 11.7. The van der Waals surface area contributed by atoms with Gasteiger partial charge in [0.2, 0.25) is 0 Å². The zero-order valence-corrected chi connectivity index (χ0v) is 15.3. The molecule has 0 aromatic carbocycles. The first-order chi connectivity index (χ1) is 9.82. The Balaban J connectivity index is 2.62. The standard InChI is InChI=1S/C17H35NO2S/c1-5-13-18-16(11-9-14-21(19,20)6-2)15-10-7-8-12-17(15,3)4/h15-16,18H,5-14H2,1-4H3. The lowest BCUT2D eigenvalue weighted by atomic mass is 9.65. The Morgan fingerprint density at radius 2 is 1.95 bits per heavy atom. The molecule has 2 unspecified atom stereocenters. The largest absolute Gasteiger partial charge is 0.314 e. The van der Waals surface area contributed by atoms with Crippen LogP contribution in [0.15, 0.2) is 0 Å². The van der Waals surface area contributed by atoms with E-state index in [4.69, 9.17) is 0 Å². The summed E-state index contributed by atoms with van der Waals surface area (Å²) in [5, 5.41) is 3.70. The van der Waals surface area contributed by atoms with Crippen LogP contribution >= 0.6 is 0 Å². The minimum atomic E-state index is -2.82. The molecule has 0 saturated heterocycles. The van der Waals surface area contributed by atoms with E-state index < -0.39 is 9.84 Å². The lowest BCUT2D eigenvalue weighted by Gasteiger charge is -2.43. The van der Waals surface area contributed by atoms with Crippen molar-refractivity contribution in [3.8, 4) is 0 Å². The molecule has 0 aromatic rings. The van der Waals surface area contributed by atoms with E-state index in [9.17, 15) is 8.42 Å². The maximum atomic E-state index is 11.7. The van der Waals surface area contributed by atoms with Crippen molar-refractivity contribution < 1.29 is 8.42 Å². The van der Waals surface area contributed by atoms with Crippen LogP contribution in [0.3, 0.4) is 0 Å². The minimum absolute atomic E-state index is 0.273. The summed E-state index contributed by atoms with van der Waals surface area (Å²) in [6.45, 7) is 9.75. The van der Waals surface area contributed by atoms with Gasteiger partial charge in [0.25, 0.3) is 0 Å². The Hall–Kier alpha value is -0.0900. The van der Waals surface area contributed by atoms with Crippen LogP contribution in [0.2, 0.25) is 0 Å². The van der Waals surface area contributed by atoms with Gasteiger partial charge in [0.05, 0.1) is 5.75 Å². The maximum Gasteiger partial charge on any atom is 0.150 e. The van der Waals surface area contributed by atoms with Crippen molar-refractivity contribution in [2.45, 2.75) is 78.7 Å². The van der Waals surface area contributed by atoms with Gasteiger partial charge in [0, 0.05) is 11.8 Å². The predicted molar refractivity (Wildman–Crippen MR) is 91.4 cm³/mol. The number of hydrogen-bond donors (Lipinski definition) is 1. The Bertz CT molecular complexity index is 390. The molecule has 0 radical (unpaired) electrons. The smallest absolute Gasteiger partial charge is 0.150 e. The van der Waals surface area contributed by atoms with Gasteiger partial charge in [-0.3, -0.25) is 0 Å². The van der Waals surface area contributed by atoms with Crippen LogP contribution in [0.4, 0.5) is 0 Å². The molecule has 1 saturated carbocycles. The van der Waals surface area contributed by atoms with Crippen molar-refractivity contribution in [1.82, 2.24) is 5.32 Å². The first-order valence-corrected chi connectivity index (χ1v) is 10.6. The van der Waals surface area contributed by atoms with Gasteiger partial charge in [-0.1, -0.05) is 40.5 Å². The van der Waals surface area contributed by atoms with Gasteiger partial charge in [0.15, 0.2) is 0 Å². The molecule has 1 aliphatic carbocycles. The highest BCUT2D eigenvalue weighted by molar-refractivity contribution is 7.91. The van der Waals surface area contributed by atoms with E-state index in [-0.39, 0.29) is 5.75 Å². The van der Waals surface area contributed by atoms with Gasteiger partial charge >= 0.3 is 0 Å². The summed E-state index contributed by atoms with van der Waals surface area (Å²) in [5.74, 6) is 1.30. The third kappa shape index (κ3) is 6.27. The SMILES string of the molecule is CCCNC(CCCS(=O)(=O)CC)C1CCCCC1(C)C. The number of rotatable bonds is 9. The van der Waals surface area contributed by atoms with E-state index >= 15 is 0 Å². The zero-order valence-electron chi connectivity index (χ0n) is 14.5. The summed E-state index contributed by atoms with van der Waals surface area (Å²) in [7, 11) is -2.82. The van der Waals surface area contributed by atoms with Crippen LogP contribution in [-0.2, 0) is 9.84 Å². The van der Waals surface area contributed by atoms with Crippen molar-refractivity contribution in [2.75, 3.05) is 18.1 Å². The summed E-state index contributed by atoms with van der Waals surface area (Å²) in [5.41, 5.74) is 0.382. The van der Waals surface area contributed by atoms with Gasteiger partial charge in [-0.25, -0.2) is 8.42 Å². The van der Waals surface area contributed by atoms with Crippen LogP contribution in [-0.4, -0.2) is 32.5 Å². The van der Waals surface area contributed by atoms with Crippen LogP contribution in [0, 0.1) is 11.3 Å². The fraction of sp³-hybridized carbons (Fsp3) is 1.00. The van der Waals surface area contributed by atoms with Gasteiger partial charge in [-0.2, -0.15) is 0 Å². The molecular weight excluding hydrogens is 282 g/mol. The molecule has 1 fully saturated rings. The van der Waals surface area contributed by atoms with E-state index in [0.29, 0.717) is 23.1 Å². The Labute approximate surface area is 132 Å². The summed E-state index contributed by atoms with van der Waals surface area (Å²) >= 11 is 0. The minimum Gasteiger partial charge on any atom is -0.314 e. The second-order valence-corrected chi connectivity index (χ2v) is 9.75. The Kier molecular flexibility index (Phi) is 7.69. The zero-order chi connectivity index (χ0) is 15.9. The lowest BCUT2D eigenvalue weighted by Crippen LogP contribution is -2.45. The number of nitrogens with one attached hydrogen (secondary N) is 1. The molecule has 0 bridgehead atoms. The molecule has 126 valence electrons. The third-order valence-electron chi connectivity index (χ3n) is 5.14. The van der Waals surface area contributed by atoms with Gasteiger partial charge in [-0.05, 0) is 50.0 Å². The summed E-state index contributed by atoms with van der Waals surface area (Å²) in [6.07, 6.45) is 8.18. The van der Waals surface area contributed by atoms with Gasteiger partial charge in [0.1, 0.15) is 9.84 Å². The molecule has 0 aliphatic heterocycles. The van der Waals surface area contributed by atoms with E-state index in [1.54, 1.807) is 6.92 Å². The first kappa shape index (κ1) is 19.0. The average Bonchev–Trinajstić information content (AvgIpc) is 2.42. The van der Waals surface area contributed by atoms with E-state index in [2.05, 4.69) is 26.1 Å². The molecule has 0 heterocycles. The quantitative estimate of drug-likeness (QED) is 0.704. The third-order valence-corrected chi connectivity index (χ3v) is 6.93. The van der Waals surface area contributed by atoms with Crippen molar-refractivity contribution in [3.05, 3.63) is 0 Å². The topological polar surface area (TPSA) is 46.2 Å². The summed E-state index contributed by atoms with van der Waals surface area (Å²) in [4.78, 5) is 0. The van der Waals surface area contributed by atoms with Crippen LogP contribution in [0.5, 0.6) is 0 Å². The van der Waals surface area contributed by atoms with E-state index in [1.807, 2.05) is 0 Å². The van der Waals surface area contributed by atoms with Crippen molar-refractivity contribution in [2.24, 2.45) is 11.3 Å². The monoisotopic (exact) mass is 317 g/mol. The molecule has 0 aromatic heterocycles. The fourth-order valence-electron chi connectivity index (χ4n) is 3.71. The predicted octanol–water partition coefficient (Wildman–Crippen LogP) is 3.79. The highest BCUT2D eigenvalue weighted by Gasteiger charge is 2.36. The average molecular weight is 318 g/mol. The molecule has 1 N–H and O–H groups in total. The normalized spacial score (nSPS) is 23.9. The molecule has 0 spiro atoms. The molecule has 4 heteroatoms. The molecule has 2 atom stereocenters. The van der Waals surface area contributed by atoms with Crippen molar-refractivity contribution in [3.63, 3.8) is 0 Å². The van der Waals surface area contributed by atoms with Gasteiger partial charge in [-0.15, -0.1) is 0 Å². The van der Waals surface area contributed by atoms with Crippen LogP contribution in [0.1, 0.15) is 72.6 Å². The second-order valence-electron chi connectivity index (χ2n) is 7.28. The molecule has 1 aliphatic rings. The molecular formula is C17H35NO2S. The fourth-order valence-corrected chi connectivity index (χ4v) is 4.60. The summed E-state index contributed by atoms with van der Waals surface area (Å²) < 4.78 is 23.4. The number of sulfone groups is 1. The Morgan fingerprint density at radius 3 is 2.52 bits per heavy atom. The second kappa shape index (κ2) is 8.52. The van der Waals surface area contributed by atoms with Crippen molar-refractivity contribution in [1.29, 1.82) is 0 Å². The highest BCUT2D eigenvalue weighted by atomic mass is 32.2. The van der Waals surface area contributed by atoms with Crippen LogP contribution in [0.25, 0.3) is 0 Å². The van der Waals surface area contributed by atoms with E-state index in [0.717, 1.165) is 25.8 Å². The first-order valence-electron chi connectivity index (χ1n) is 8.76. The highest BCUT2D eigenvalue weighted by Crippen LogP contribution is 2.43. The van der Waals surface area contributed by atoms with Gasteiger partial charge < -0.3 is 5.32 Å². The summed E-state index contributed by atoms with van der Waals surface area (Å²) in [6, 6.07) is 0.479. The van der Waals surface area contributed by atoms with E-state index in [1.165, 1.54) is 25.7 Å². The van der Waals surface area contributed by atoms with Crippen LogP contribution < -0.4 is 5.32 Å². The lowest BCUT2D eigenvalue weighted by molar-refractivity contribution is 0.0944.